The number of carbonyl (C=O) groups excluding carboxylic acids is 2. The molecule has 28 heavy (non-hydrogen) atoms. The molecule has 0 N–H and O–H groups in total. The van der Waals surface area contributed by atoms with E-state index in [1.54, 1.807) is 28.0 Å². The van der Waals surface area contributed by atoms with Gasteiger partial charge in [0.1, 0.15) is 5.75 Å². The van der Waals surface area contributed by atoms with Crippen molar-refractivity contribution in [1.29, 1.82) is 0 Å². The van der Waals surface area contributed by atoms with Crippen LogP contribution < -0.4 is 4.74 Å². The summed E-state index contributed by atoms with van der Waals surface area (Å²) in [4.78, 5) is 31.6. The lowest BCUT2D eigenvalue weighted by atomic mass is 10.2. The fourth-order valence-corrected chi connectivity index (χ4v) is 3.97. The van der Waals surface area contributed by atoms with Crippen molar-refractivity contribution >= 4 is 39.8 Å². The first-order chi connectivity index (χ1) is 13.6. The third-order valence-corrected chi connectivity index (χ3v) is 5.58. The number of thiazole rings is 1. The molecule has 0 spiro atoms. The molecule has 7 nitrogen and oxygen atoms in total. The van der Waals surface area contributed by atoms with Gasteiger partial charge in [0.25, 0.3) is 5.91 Å². The van der Waals surface area contributed by atoms with Crippen LogP contribution in [0.2, 0.25) is 5.15 Å². The number of halogens is 1. The van der Waals surface area contributed by atoms with E-state index in [4.69, 9.17) is 21.1 Å². The highest BCUT2D eigenvalue weighted by Gasteiger charge is 2.33. The molecule has 0 aliphatic heterocycles. The first kappa shape index (κ1) is 18.8. The molecule has 1 saturated carbocycles. The van der Waals surface area contributed by atoms with E-state index < -0.39 is 5.97 Å². The number of aromatic nitrogens is 2. The predicted octanol–water partition coefficient (Wildman–Crippen LogP) is 3.41. The van der Waals surface area contributed by atoms with Crippen molar-refractivity contribution < 1.29 is 19.1 Å². The Morgan fingerprint density at radius 1 is 1.32 bits per heavy atom. The number of fused-ring (bicyclic) bond motifs is 1. The maximum Gasteiger partial charge on any atom is 0.359 e. The first-order valence-corrected chi connectivity index (χ1v) is 10.0. The number of carbonyl (C=O) groups is 2. The molecule has 1 aliphatic carbocycles. The lowest BCUT2D eigenvalue weighted by molar-refractivity contribution is -0.135. The zero-order valence-corrected chi connectivity index (χ0v) is 16.7. The molecule has 1 aromatic carbocycles. The van der Waals surface area contributed by atoms with Crippen LogP contribution in [0.5, 0.6) is 5.75 Å². The van der Waals surface area contributed by atoms with Gasteiger partial charge in [-0.1, -0.05) is 23.7 Å². The zero-order valence-electron chi connectivity index (χ0n) is 15.1. The van der Waals surface area contributed by atoms with E-state index in [0.717, 1.165) is 24.2 Å². The molecule has 0 unspecified atom stereocenters. The summed E-state index contributed by atoms with van der Waals surface area (Å²) in [5.41, 5.74) is 1.13. The van der Waals surface area contributed by atoms with Crippen LogP contribution in [-0.2, 0) is 16.1 Å². The summed E-state index contributed by atoms with van der Waals surface area (Å²) < 4.78 is 12.0. The average molecular weight is 420 g/mol. The van der Waals surface area contributed by atoms with Crippen LogP contribution in [0.15, 0.2) is 35.8 Å². The van der Waals surface area contributed by atoms with Crippen LogP contribution in [-0.4, -0.2) is 45.9 Å². The highest BCUT2D eigenvalue weighted by atomic mass is 35.5. The number of nitrogens with zero attached hydrogens (tertiary/aromatic N) is 3. The van der Waals surface area contributed by atoms with E-state index in [9.17, 15) is 9.59 Å². The molecule has 4 rings (SSSR count). The van der Waals surface area contributed by atoms with Gasteiger partial charge in [-0.3, -0.25) is 9.20 Å². The molecule has 2 heterocycles. The van der Waals surface area contributed by atoms with Gasteiger partial charge in [-0.2, -0.15) is 0 Å². The maximum atomic E-state index is 12.7. The average Bonchev–Trinajstić information content (AvgIpc) is 3.36. The van der Waals surface area contributed by atoms with Gasteiger partial charge in [0.15, 0.2) is 22.4 Å². The summed E-state index contributed by atoms with van der Waals surface area (Å²) in [6, 6.07) is 7.76. The van der Waals surface area contributed by atoms with Crippen LogP contribution in [0.4, 0.5) is 0 Å². The number of imidazole rings is 1. The zero-order chi connectivity index (χ0) is 19.7. The van der Waals surface area contributed by atoms with Crippen LogP contribution in [0.3, 0.4) is 0 Å². The molecular weight excluding hydrogens is 402 g/mol. The molecule has 2 aromatic heterocycles. The van der Waals surface area contributed by atoms with Crippen LogP contribution in [0.25, 0.3) is 4.96 Å². The largest absolute Gasteiger partial charge is 0.497 e. The van der Waals surface area contributed by atoms with Gasteiger partial charge >= 0.3 is 5.97 Å². The lowest BCUT2D eigenvalue weighted by Crippen LogP contribution is -2.36. The normalized spacial score (nSPS) is 13.5. The molecule has 0 atom stereocenters. The van der Waals surface area contributed by atoms with Crippen molar-refractivity contribution in [1.82, 2.24) is 14.3 Å². The summed E-state index contributed by atoms with van der Waals surface area (Å²) in [6.45, 7) is 0.131. The minimum absolute atomic E-state index is 0.0709. The standard InChI is InChI=1S/C19H18ClN3O4S/c1-26-14-6-2-12(3-7-14)10-23(13-4-5-13)15(24)11-27-18(25)16-17(20)21-19-22(16)8-9-28-19/h2-3,6-9,13H,4-5,10-11H2,1H3. The summed E-state index contributed by atoms with van der Waals surface area (Å²) in [5, 5.41) is 1.87. The number of ether oxygens (including phenoxy) is 2. The fraction of sp³-hybridized carbons (Fsp3) is 0.316. The van der Waals surface area contributed by atoms with E-state index in [0.29, 0.717) is 11.5 Å². The van der Waals surface area contributed by atoms with Crippen LogP contribution in [0.1, 0.15) is 28.9 Å². The molecule has 0 saturated heterocycles. The predicted molar refractivity (Wildman–Crippen MR) is 105 cm³/mol. The third-order valence-electron chi connectivity index (χ3n) is 4.56. The minimum Gasteiger partial charge on any atom is -0.497 e. The monoisotopic (exact) mass is 419 g/mol. The van der Waals surface area contributed by atoms with Gasteiger partial charge in [-0.15, -0.1) is 11.3 Å². The third kappa shape index (κ3) is 3.83. The number of methoxy groups -OCH3 is 1. The van der Waals surface area contributed by atoms with Gasteiger partial charge in [0.2, 0.25) is 0 Å². The minimum atomic E-state index is -0.663. The number of hydrogen-bond acceptors (Lipinski definition) is 6. The first-order valence-electron chi connectivity index (χ1n) is 8.77. The van der Waals surface area contributed by atoms with E-state index in [1.165, 1.54) is 11.3 Å². The Kier molecular flexibility index (Phi) is 5.23. The van der Waals surface area contributed by atoms with Crippen molar-refractivity contribution in [3.63, 3.8) is 0 Å². The number of esters is 1. The highest BCUT2D eigenvalue weighted by Crippen LogP contribution is 2.29. The Labute approximate surface area is 170 Å². The Morgan fingerprint density at radius 2 is 2.07 bits per heavy atom. The Bertz CT molecular complexity index is 1010. The second kappa shape index (κ2) is 7.81. The molecule has 1 amide bonds. The number of amides is 1. The number of rotatable bonds is 7. The maximum absolute atomic E-state index is 12.7. The van der Waals surface area contributed by atoms with Crippen molar-refractivity contribution in [2.75, 3.05) is 13.7 Å². The van der Waals surface area contributed by atoms with E-state index >= 15 is 0 Å². The number of hydrogen-bond donors (Lipinski definition) is 0. The van der Waals surface area contributed by atoms with E-state index in [2.05, 4.69) is 4.98 Å². The molecular formula is C19H18ClN3O4S. The molecule has 0 radical (unpaired) electrons. The van der Waals surface area contributed by atoms with E-state index in [-0.39, 0.29) is 29.4 Å². The Balaban J connectivity index is 1.41. The van der Waals surface area contributed by atoms with Gasteiger partial charge < -0.3 is 14.4 Å². The second-order valence-electron chi connectivity index (χ2n) is 6.48. The molecule has 146 valence electrons. The summed E-state index contributed by atoms with van der Waals surface area (Å²) in [6.07, 6.45) is 3.61. The van der Waals surface area contributed by atoms with Gasteiger partial charge in [-0.25, -0.2) is 9.78 Å². The van der Waals surface area contributed by atoms with E-state index in [1.807, 2.05) is 24.3 Å². The van der Waals surface area contributed by atoms with Crippen LogP contribution >= 0.6 is 22.9 Å². The summed E-state index contributed by atoms with van der Waals surface area (Å²) in [7, 11) is 1.61. The molecule has 0 bridgehead atoms. The lowest BCUT2D eigenvalue weighted by Gasteiger charge is -2.22. The quantitative estimate of drug-likeness (QED) is 0.549. The molecule has 9 heteroatoms. The Morgan fingerprint density at radius 3 is 2.75 bits per heavy atom. The smallest absolute Gasteiger partial charge is 0.359 e. The highest BCUT2D eigenvalue weighted by molar-refractivity contribution is 7.15. The van der Waals surface area contributed by atoms with Crippen molar-refractivity contribution in [2.24, 2.45) is 0 Å². The summed E-state index contributed by atoms with van der Waals surface area (Å²) in [5.74, 6) is -0.127. The van der Waals surface area contributed by atoms with Crippen molar-refractivity contribution in [3.05, 3.63) is 52.3 Å². The van der Waals surface area contributed by atoms with Gasteiger partial charge in [-0.05, 0) is 30.5 Å². The van der Waals surface area contributed by atoms with Crippen molar-refractivity contribution in [3.8, 4) is 5.75 Å². The van der Waals surface area contributed by atoms with Crippen LogP contribution in [0, 0.1) is 0 Å². The molecule has 1 aliphatic rings. The number of benzene rings is 1. The molecule has 1 fully saturated rings. The van der Waals surface area contributed by atoms with Crippen molar-refractivity contribution in [2.45, 2.75) is 25.4 Å². The Hall–Kier alpha value is -2.58. The molecule has 3 aromatic rings. The SMILES string of the molecule is COc1ccc(CN(C(=O)COC(=O)c2c(Cl)nc3sccn23)C2CC2)cc1. The summed E-state index contributed by atoms with van der Waals surface area (Å²) >= 11 is 7.40. The fourth-order valence-electron chi connectivity index (χ4n) is 2.96. The van der Waals surface area contributed by atoms with Gasteiger partial charge in [0, 0.05) is 24.2 Å². The second-order valence-corrected chi connectivity index (χ2v) is 7.71. The topological polar surface area (TPSA) is 73.1 Å². The van der Waals surface area contributed by atoms with Gasteiger partial charge in [0.05, 0.1) is 7.11 Å².